The first-order valence-electron chi connectivity index (χ1n) is 5.75. The maximum atomic E-state index is 12.0. The highest BCUT2D eigenvalue weighted by atomic mass is 79.9. The van der Waals surface area contributed by atoms with Crippen molar-refractivity contribution in [3.8, 4) is 5.75 Å². The molecule has 0 aliphatic rings. The smallest absolute Gasteiger partial charge is 0.252 e. The van der Waals surface area contributed by atoms with Crippen LogP contribution in [0.15, 0.2) is 22.7 Å². The molecule has 0 aliphatic carbocycles. The molecule has 0 aromatic heterocycles. The molecule has 5 heteroatoms. The van der Waals surface area contributed by atoms with E-state index in [1.165, 1.54) is 0 Å². The Morgan fingerprint density at radius 3 is 2.72 bits per heavy atom. The fraction of sp³-hybridized carbons (Fsp3) is 0.462. The zero-order chi connectivity index (χ0) is 13.7. The third-order valence-electron chi connectivity index (χ3n) is 2.66. The zero-order valence-corrected chi connectivity index (χ0v) is 12.3. The predicted octanol–water partition coefficient (Wildman–Crippen LogP) is 2.20. The molecule has 0 heterocycles. The fourth-order valence-electron chi connectivity index (χ4n) is 1.33. The van der Waals surface area contributed by atoms with E-state index in [0.29, 0.717) is 15.8 Å². The number of aliphatic hydroxyl groups is 1. The van der Waals surface area contributed by atoms with Gasteiger partial charge in [0.1, 0.15) is 5.75 Å². The van der Waals surface area contributed by atoms with Crippen LogP contribution >= 0.6 is 15.9 Å². The lowest BCUT2D eigenvalue weighted by Gasteiger charge is -2.15. The number of carbonyl (C=O) groups excluding carboxylic acids is 1. The molecule has 4 nitrogen and oxygen atoms in total. The summed E-state index contributed by atoms with van der Waals surface area (Å²) in [6, 6.07) is 5.18. The van der Waals surface area contributed by atoms with E-state index >= 15 is 0 Å². The van der Waals surface area contributed by atoms with E-state index < -0.39 is 6.10 Å². The van der Waals surface area contributed by atoms with Gasteiger partial charge in [-0.25, -0.2) is 0 Å². The van der Waals surface area contributed by atoms with Crippen LogP contribution in [0.25, 0.3) is 0 Å². The van der Waals surface area contributed by atoms with Gasteiger partial charge in [-0.15, -0.1) is 0 Å². The van der Waals surface area contributed by atoms with E-state index in [9.17, 15) is 9.90 Å². The van der Waals surface area contributed by atoms with Crippen LogP contribution in [-0.2, 0) is 0 Å². The van der Waals surface area contributed by atoms with E-state index in [1.807, 2.05) is 13.8 Å². The minimum absolute atomic E-state index is 0.110. The largest absolute Gasteiger partial charge is 0.497 e. The van der Waals surface area contributed by atoms with Crippen molar-refractivity contribution in [1.82, 2.24) is 5.32 Å². The van der Waals surface area contributed by atoms with E-state index in [1.54, 1.807) is 25.3 Å². The first-order valence-corrected chi connectivity index (χ1v) is 6.54. The number of hydrogen-bond acceptors (Lipinski definition) is 3. The van der Waals surface area contributed by atoms with Crippen LogP contribution in [0.2, 0.25) is 0 Å². The number of rotatable bonds is 5. The Kier molecular flexibility index (Phi) is 5.62. The molecule has 1 aromatic carbocycles. The van der Waals surface area contributed by atoms with Crippen LogP contribution < -0.4 is 10.1 Å². The Morgan fingerprint density at radius 1 is 1.50 bits per heavy atom. The normalized spacial score (nSPS) is 12.3. The molecule has 1 rings (SSSR count). The number of methoxy groups -OCH3 is 1. The summed E-state index contributed by atoms with van der Waals surface area (Å²) < 4.78 is 5.77. The first kappa shape index (κ1) is 15.0. The van der Waals surface area contributed by atoms with Crippen molar-refractivity contribution < 1.29 is 14.6 Å². The monoisotopic (exact) mass is 315 g/mol. The highest BCUT2D eigenvalue weighted by Gasteiger charge is 2.14. The first-order chi connectivity index (χ1) is 8.45. The van der Waals surface area contributed by atoms with Crippen molar-refractivity contribution in [3.05, 3.63) is 28.2 Å². The Morgan fingerprint density at radius 2 is 2.17 bits per heavy atom. The maximum absolute atomic E-state index is 12.0. The molecule has 18 heavy (non-hydrogen) atoms. The number of benzene rings is 1. The molecule has 0 spiro atoms. The van der Waals surface area contributed by atoms with Crippen molar-refractivity contribution in [1.29, 1.82) is 0 Å². The second-order valence-corrected chi connectivity index (χ2v) is 5.22. The van der Waals surface area contributed by atoms with E-state index in [0.717, 1.165) is 0 Å². The molecule has 100 valence electrons. The van der Waals surface area contributed by atoms with Crippen LogP contribution in [0.5, 0.6) is 5.75 Å². The van der Waals surface area contributed by atoms with Gasteiger partial charge >= 0.3 is 0 Å². The van der Waals surface area contributed by atoms with E-state index in [2.05, 4.69) is 21.2 Å². The molecule has 0 saturated carbocycles. The lowest BCUT2D eigenvalue weighted by molar-refractivity contribution is 0.0870. The van der Waals surface area contributed by atoms with Crippen LogP contribution in [0, 0.1) is 5.92 Å². The third-order valence-corrected chi connectivity index (χ3v) is 3.35. The second kappa shape index (κ2) is 6.75. The topological polar surface area (TPSA) is 58.6 Å². The summed E-state index contributed by atoms with van der Waals surface area (Å²) in [6.45, 7) is 4.04. The lowest BCUT2D eigenvalue weighted by Crippen LogP contribution is -2.34. The number of carbonyl (C=O) groups is 1. The lowest BCUT2D eigenvalue weighted by atomic mass is 10.1. The molecule has 0 fully saturated rings. The number of amides is 1. The summed E-state index contributed by atoms with van der Waals surface area (Å²) in [7, 11) is 1.55. The van der Waals surface area contributed by atoms with Crippen molar-refractivity contribution in [2.45, 2.75) is 20.0 Å². The van der Waals surface area contributed by atoms with Crippen molar-refractivity contribution in [2.75, 3.05) is 13.7 Å². The van der Waals surface area contributed by atoms with Gasteiger partial charge in [0.05, 0.1) is 18.8 Å². The summed E-state index contributed by atoms with van der Waals surface area (Å²) in [4.78, 5) is 12.0. The Labute approximate surface area is 115 Å². The molecule has 1 unspecified atom stereocenters. The summed E-state index contributed by atoms with van der Waals surface area (Å²) in [6.07, 6.45) is -0.543. The van der Waals surface area contributed by atoms with Gasteiger partial charge in [0.2, 0.25) is 0 Å². The van der Waals surface area contributed by atoms with Crippen LogP contribution in [-0.4, -0.2) is 30.8 Å². The van der Waals surface area contributed by atoms with Crippen LogP contribution in [0.4, 0.5) is 0 Å². The molecule has 1 aromatic rings. The molecule has 1 amide bonds. The number of nitrogens with one attached hydrogen (secondary N) is 1. The molecule has 0 saturated heterocycles. The van der Waals surface area contributed by atoms with Crippen molar-refractivity contribution >= 4 is 21.8 Å². The average molecular weight is 316 g/mol. The van der Waals surface area contributed by atoms with Crippen molar-refractivity contribution in [2.24, 2.45) is 5.92 Å². The number of hydrogen-bond donors (Lipinski definition) is 2. The van der Waals surface area contributed by atoms with Crippen LogP contribution in [0.1, 0.15) is 24.2 Å². The van der Waals surface area contributed by atoms with E-state index in [4.69, 9.17) is 4.74 Å². The van der Waals surface area contributed by atoms with E-state index in [-0.39, 0.29) is 18.4 Å². The molecule has 0 radical (unpaired) electrons. The Hall–Kier alpha value is -1.07. The number of halogens is 1. The number of ether oxygens (including phenoxy) is 1. The third kappa shape index (κ3) is 3.99. The molecule has 2 N–H and O–H groups in total. The van der Waals surface area contributed by atoms with Crippen LogP contribution in [0.3, 0.4) is 0 Å². The predicted molar refractivity (Wildman–Crippen MR) is 73.9 cm³/mol. The van der Waals surface area contributed by atoms with Gasteiger partial charge in [-0.05, 0) is 40.0 Å². The highest BCUT2D eigenvalue weighted by molar-refractivity contribution is 9.10. The minimum Gasteiger partial charge on any atom is -0.497 e. The zero-order valence-electron chi connectivity index (χ0n) is 10.7. The standard InChI is InChI=1S/C13H18BrNO3/c1-8(2)12(16)7-15-13(17)10-6-9(18-3)4-5-11(10)14/h4-6,8,12,16H,7H2,1-3H3,(H,15,17). The second-order valence-electron chi connectivity index (χ2n) is 4.37. The molecular formula is C13H18BrNO3. The SMILES string of the molecule is COc1ccc(Br)c(C(=O)NCC(O)C(C)C)c1. The quantitative estimate of drug-likeness (QED) is 0.875. The highest BCUT2D eigenvalue weighted by Crippen LogP contribution is 2.22. The average Bonchev–Trinajstić information content (AvgIpc) is 2.35. The molecule has 0 bridgehead atoms. The summed E-state index contributed by atoms with van der Waals surface area (Å²) in [5.41, 5.74) is 0.491. The summed E-state index contributed by atoms with van der Waals surface area (Å²) in [5.74, 6) is 0.493. The molecular weight excluding hydrogens is 298 g/mol. The van der Waals surface area contributed by atoms with Crippen molar-refractivity contribution in [3.63, 3.8) is 0 Å². The minimum atomic E-state index is -0.543. The van der Waals surface area contributed by atoms with Gasteiger partial charge in [0, 0.05) is 11.0 Å². The van der Waals surface area contributed by atoms with Gasteiger partial charge in [-0.2, -0.15) is 0 Å². The Bertz CT molecular complexity index is 421. The molecule has 1 atom stereocenters. The van der Waals surface area contributed by atoms with Gasteiger partial charge in [-0.1, -0.05) is 13.8 Å². The number of aliphatic hydroxyl groups excluding tert-OH is 1. The summed E-state index contributed by atoms with van der Waals surface area (Å²) in [5, 5.41) is 12.3. The van der Waals surface area contributed by atoms with Gasteiger partial charge in [0.15, 0.2) is 0 Å². The molecule has 0 aliphatic heterocycles. The maximum Gasteiger partial charge on any atom is 0.252 e. The van der Waals surface area contributed by atoms with Gasteiger partial charge in [-0.3, -0.25) is 4.79 Å². The Balaban J connectivity index is 2.72. The van der Waals surface area contributed by atoms with Gasteiger partial charge in [0.25, 0.3) is 5.91 Å². The van der Waals surface area contributed by atoms with Gasteiger partial charge < -0.3 is 15.2 Å². The fourth-order valence-corrected chi connectivity index (χ4v) is 1.76. The summed E-state index contributed by atoms with van der Waals surface area (Å²) >= 11 is 3.32.